The van der Waals surface area contributed by atoms with Crippen molar-refractivity contribution in [2.24, 2.45) is 5.84 Å². The average Bonchev–Trinajstić information content (AvgIpc) is 2.33. The van der Waals surface area contributed by atoms with Gasteiger partial charge >= 0.3 is 0 Å². The molecule has 0 aliphatic carbocycles. The van der Waals surface area contributed by atoms with Crippen LogP contribution in [0.1, 0.15) is 24.4 Å². The standard InChI is InChI=1S/C12H20N2O3S/c1-17-11-6-3-5-10(9-11)12(14-13)7-4-8-18(2,15)16/h3,5-6,9,12,14H,4,7-8,13H2,1-2H3. The molecule has 1 unspecified atom stereocenters. The van der Waals surface area contributed by atoms with Crippen LogP contribution in [-0.2, 0) is 9.84 Å². The topological polar surface area (TPSA) is 81.4 Å². The molecule has 102 valence electrons. The first-order chi connectivity index (χ1) is 8.46. The lowest BCUT2D eigenvalue weighted by Crippen LogP contribution is -2.28. The molecule has 1 aromatic rings. The highest BCUT2D eigenvalue weighted by Gasteiger charge is 2.11. The summed E-state index contributed by atoms with van der Waals surface area (Å²) in [5, 5.41) is 0. The summed E-state index contributed by atoms with van der Waals surface area (Å²) in [6.07, 6.45) is 2.48. The summed E-state index contributed by atoms with van der Waals surface area (Å²) >= 11 is 0. The van der Waals surface area contributed by atoms with Gasteiger partial charge in [-0.3, -0.25) is 11.3 Å². The molecule has 0 saturated heterocycles. The minimum Gasteiger partial charge on any atom is -0.497 e. The SMILES string of the molecule is COc1cccc(C(CCCS(C)(=O)=O)NN)c1. The van der Waals surface area contributed by atoms with Gasteiger partial charge in [0.2, 0.25) is 0 Å². The molecule has 0 saturated carbocycles. The Kier molecular flexibility index (Phi) is 5.58. The van der Waals surface area contributed by atoms with Crippen molar-refractivity contribution >= 4 is 9.84 Å². The van der Waals surface area contributed by atoms with Crippen LogP contribution in [0.25, 0.3) is 0 Å². The quantitative estimate of drug-likeness (QED) is 0.572. The summed E-state index contributed by atoms with van der Waals surface area (Å²) < 4.78 is 27.3. The molecule has 3 N–H and O–H groups in total. The summed E-state index contributed by atoms with van der Waals surface area (Å²) in [5.74, 6) is 6.44. The molecule has 0 aliphatic rings. The van der Waals surface area contributed by atoms with Gasteiger partial charge in [0, 0.05) is 18.1 Å². The van der Waals surface area contributed by atoms with E-state index in [0.29, 0.717) is 12.8 Å². The molecule has 5 nitrogen and oxygen atoms in total. The Labute approximate surface area is 108 Å². The van der Waals surface area contributed by atoms with Crippen LogP contribution in [0.2, 0.25) is 0 Å². The molecule has 0 heterocycles. The summed E-state index contributed by atoms with van der Waals surface area (Å²) in [4.78, 5) is 0. The number of hydrogen-bond donors (Lipinski definition) is 2. The monoisotopic (exact) mass is 272 g/mol. The zero-order valence-corrected chi connectivity index (χ0v) is 11.5. The van der Waals surface area contributed by atoms with Crippen LogP contribution in [-0.4, -0.2) is 27.5 Å². The zero-order valence-electron chi connectivity index (χ0n) is 10.7. The second-order valence-electron chi connectivity index (χ2n) is 4.27. The molecule has 1 rings (SSSR count). The highest BCUT2D eigenvalue weighted by molar-refractivity contribution is 7.90. The van der Waals surface area contributed by atoms with Gasteiger partial charge in [0.15, 0.2) is 0 Å². The van der Waals surface area contributed by atoms with E-state index in [4.69, 9.17) is 10.6 Å². The summed E-state index contributed by atoms with van der Waals surface area (Å²) in [6, 6.07) is 7.50. The van der Waals surface area contributed by atoms with E-state index in [1.54, 1.807) is 7.11 Å². The predicted molar refractivity (Wildman–Crippen MR) is 72.0 cm³/mol. The second-order valence-corrected chi connectivity index (χ2v) is 6.53. The average molecular weight is 272 g/mol. The van der Waals surface area contributed by atoms with E-state index in [9.17, 15) is 8.42 Å². The van der Waals surface area contributed by atoms with Gasteiger partial charge in [-0.1, -0.05) is 12.1 Å². The number of hydrogen-bond acceptors (Lipinski definition) is 5. The Bertz CT molecular complexity index is 474. The van der Waals surface area contributed by atoms with Crippen LogP contribution < -0.4 is 16.0 Å². The fraction of sp³-hybridized carbons (Fsp3) is 0.500. The maximum absolute atomic E-state index is 11.1. The molecule has 0 aliphatic heterocycles. The number of sulfone groups is 1. The highest BCUT2D eigenvalue weighted by atomic mass is 32.2. The van der Waals surface area contributed by atoms with E-state index in [1.807, 2.05) is 24.3 Å². The number of benzene rings is 1. The molecule has 0 aromatic heterocycles. The van der Waals surface area contributed by atoms with E-state index in [0.717, 1.165) is 11.3 Å². The number of methoxy groups -OCH3 is 1. The van der Waals surface area contributed by atoms with Crippen molar-refractivity contribution in [3.8, 4) is 5.75 Å². The van der Waals surface area contributed by atoms with Gasteiger partial charge in [0.25, 0.3) is 0 Å². The first-order valence-electron chi connectivity index (χ1n) is 5.74. The van der Waals surface area contributed by atoms with Crippen molar-refractivity contribution in [2.75, 3.05) is 19.1 Å². The van der Waals surface area contributed by atoms with Crippen molar-refractivity contribution < 1.29 is 13.2 Å². The molecule has 1 atom stereocenters. The Morgan fingerprint density at radius 3 is 2.72 bits per heavy atom. The van der Waals surface area contributed by atoms with Crippen LogP contribution >= 0.6 is 0 Å². The van der Waals surface area contributed by atoms with Gasteiger partial charge in [-0.2, -0.15) is 0 Å². The van der Waals surface area contributed by atoms with Crippen LogP contribution in [0.3, 0.4) is 0 Å². The van der Waals surface area contributed by atoms with Gasteiger partial charge in [-0.05, 0) is 30.5 Å². The zero-order chi connectivity index (χ0) is 13.6. The van der Waals surface area contributed by atoms with Crippen LogP contribution in [0.15, 0.2) is 24.3 Å². The van der Waals surface area contributed by atoms with Crippen LogP contribution in [0.4, 0.5) is 0 Å². The second kappa shape index (κ2) is 6.72. The molecular weight excluding hydrogens is 252 g/mol. The number of rotatable bonds is 7. The lowest BCUT2D eigenvalue weighted by atomic mass is 10.0. The highest BCUT2D eigenvalue weighted by Crippen LogP contribution is 2.22. The van der Waals surface area contributed by atoms with E-state index in [-0.39, 0.29) is 11.8 Å². The van der Waals surface area contributed by atoms with Crippen molar-refractivity contribution in [2.45, 2.75) is 18.9 Å². The number of nitrogens with one attached hydrogen (secondary N) is 1. The summed E-state index contributed by atoms with van der Waals surface area (Å²) in [6.45, 7) is 0. The number of nitrogens with two attached hydrogens (primary N) is 1. The van der Waals surface area contributed by atoms with Crippen molar-refractivity contribution in [1.82, 2.24) is 5.43 Å². The predicted octanol–water partition coefficient (Wildman–Crippen LogP) is 1.02. The Morgan fingerprint density at radius 1 is 1.44 bits per heavy atom. The Hall–Kier alpha value is -1.11. The fourth-order valence-electron chi connectivity index (χ4n) is 1.75. The first-order valence-corrected chi connectivity index (χ1v) is 7.80. The molecule has 0 radical (unpaired) electrons. The molecule has 18 heavy (non-hydrogen) atoms. The van der Waals surface area contributed by atoms with Gasteiger partial charge in [0.1, 0.15) is 15.6 Å². The minimum atomic E-state index is -2.92. The molecule has 0 spiro atoms. The van der Waals surface area contributed by atoms with Crippen molar-refractivity contribution in [3.63, 3.8) is 0 Å². The van der Waals surface area contributed by atoms with E-state index in [2.05, 4.69) is 5.43 Å². The normalized spacial score (nSPS) is 13.3. The smallest absolute Gasteiger partial charge is 0.147 e. The lowest BCUT2D eigenvalue weighted by Gasteiger charge is -2.16. The molecule has 0 fully saturated rings. The fourth-order valence-corrected chi connectivity index (χ4v) is 2.45. The largest absolute Gasteiger partial charge is 0.497 e. The molecule has 0 bridgehead atoms. The molecule has 0 amide bonds. The summed E-state index contributed by atoms with van der Waals surface area (Å²) in [5.41, 5.74) is 3.70. The molecule has 6 heteroatoms. The van der Waals surface area contributed by atoms with Crippen molar-refractivity contribution in [3.05, 3.63) is 29.8 Å². The maximum Gasteiger partial charge on any atom is 0.147 e. The third kappa shape index (κ3) is 5.03. The third-order valence-electron chi connectivity index (χ3n) is 2.71. The minimum absolute atomic E-state index is 0.0677. The number of hydrazine groups is 1. The Morgan fingerprint density at radius 2 is 2.17 bits per heavy atom. The third-order valence-corrected chi connectivity index (χ3v) is 3.74. The van der Waals surface area contributed by atoms with Gasteiger partial charge in [-0.25, -0.2) is 8.42 Å². The maximum atomic E-state index is 11.1. The van der Waals surface area contributed by atoms with E-state index in [1.165, 1.54) is 6.26 Å². The Balaban J connectivity index is 2.65. The lowest BCUT2D eigenvalue weighted by molar-refractivity contribution is 0.412. The van der Waals surface area contributed by atoms with Crippen molar-refractivity contribution in [1.29, 1.82) is 0 Å². The van der Waals surface area contributed by atoms with Gasteiger partial charge in [-0.15, -0.1) is 0 Å². The number of ether oxygens (including phenoxy) is 1. The first kappa shape index (κ1) is 14.9. The molecular formula is C12H20N2O3S. The molecule has 1 aromatic carbocycles. The van der Waals surface area contributed by atoms with Gasteiger partial charge in [0.05, 0.1) is 7.11 Å². The van der Waals surface area contributed by atoms with Gasteiger partial charge < -0.3 is 4.74 Å². The van der Waals surface area contributed by atoms with Crippen LogP contribution in [0.5, 0.6) is 5.75 Å². The summed E-state index contributed by atoms with van der Waals surface area (Å²) in [7, 11) is -1.31. The van der Waals surface area contributed by atoms with E-state index >= 15 is 0 Å². The van der Waals surface area contributed by atoms with Crippen LogP contribution in [0, 0.1) is 0 Å². The van der Waals surface area contributed by atoms with E-state index < -0.39 is 9.84 Å².